The van der Waals surface area contributed by atoms with Crippen LogP contribution < -0.4 is 4.90 Å². The van der Waals surface area contributed by atoms with Gasteiger partial charge in [0.1, 0.15) is 16.7 Å². The minimum absolute atomic E-state index is 0.0345. The molecule has 122 valence electrons. The van der Waals surface area contributed by atoms with E-state index in [0.717, 1.165) is 22.3 Å². The monoisotopic (exact) mass is 346 g/mol. The van der Waals surface area contributed by atoms with Crippen molar-refractivity contribution in [3.05, 3.63) is 64.9 Å². The van der Waals surface area contributed by atoms with Crippen LogP contribution in [0.1, 0.15) is 11.4 Å². The number of thioether (sulfide) groups is 1. The molecular formula is C19H14N4OS. The van der Waals surface area contributed by atoms with E-state index >= 15 is 0 Å². The summed E-state index contributed by atoms with van der Waals surface area (Å²) in [5.74, 6) is 0.764. The summed E-state index contributed by atoms with van der Waals surface area (Å²) in [6.45, 7) is 2.00. The standard InChI is InChI=1S/C19H14N4OS/c1-12-6-8-13(9-7-12)23-17(24)11-25-19(23)14(10-20)18-21-15-4-2-3-5-16(15)22-18/h2-9H,11H2,1H3,(H,21,22)/b19-14-. The number of aromatic amines is 1. The summed E-state index contributed by atoms with van der Waals surface area (Å²) in [6.07, 6.45) is 0. The van der Waals surface area contributed by atoms with Crippen molar-refractivity contribution < 1.29 is 4.79 Å². The van der Waals surface area contributed by atoms with Gasteiger partial charge in [-0.2, -0.15) is 5.26 Å². The fourth-order valence-corrected chi connectivity index (χ4v) is 3.80. The zero-order valence-electron chi connectivity index (χ0n) is 13.5. The van der Waals surface area contributed by atoms with Crippen LogP contribution in [0.3, 0.4) is 0 Å². The number of nitrogens with one attached hydrogen (secondary N) is 1. The van der Waals surface area contributed by atoms with Gasteiger partial charge in [0, 0.05) is 5.69 Å². The minimum atomic E-state index is -0.0345. The molecule has 1 fully saturated rings. The summed E-state index contributed by atoms with van der Waals surface area (Å²) in [7, 11) is 0. The van der Waals surface area contributed by atoms with E-state index < -0.39 is 0 Å². The third-order valence-corrected chi connectivity index (χ3v) is 5.08. The Bertz CT molecular complexity index is 1010. The maximum absolute atomic E-state index is 12.4. The maximum Gasteiger partial charge on any atom is 0.242 e. The first-order chi connectivity index (χ1) is 12.2. The number of fused-ring (bicyclic) bond motifs is 1. The Hall–Kier alpha value is -3.04. The highest BCUT2D eigenvalue weighted by Crippen LogP contribution is 2.38. The Kier molecular flexibility index (Phi) is 3.79. The fraction of sp³-hybridized carbons (Fsp3) is 0.105. The van der Waals surface area contributed by atoms with E-state index in [1.807, 2.05) is 55.5 Å². The van der Waals surface area contributed by atoms with Crippen molar-refractivity contribution in [2.24, 2.45) is 0 Å². The van der Waals surface area contributed by atoms with E-state index in [1.54, 1.807) is 4.90 Å². The SMILES string of the molecule is Cc1ccc(N2C(=O)CS/C2=C(/C#N)c2nc3ccccc3[nH]2)cc1. The number of para-hydroxylation sites is 2. The highest BCUT2D eigenvalue weighted by atomic mass is 32.2. The first kappa shape index (κ1) is 15.5. The summed E-state index contributed by atoms with van der Waals surface area (Å²) in [5, 5.41) is 10.4. The second kappa shape index (κ2) is 6.11. The average molecular weight is 346 g/mol. The first-order valence-corrected chi connectivity index (χ1v) is 8.78. The van der Waals surface area contributed by atoms with Gasteiger partial charge in [-0.05, 0) is 31.2 Å². The molecule has 0 aliphatic carbocycles. The fourth-order valence-electron chi connectivity index (χ4n) is 2.78. The number of aryl methyl sites for hydroxylation is 1. The van der Waals surface area contributed by atoms with Crippen LogP contribution in [0.5, 0.6) is 0 Å². The van der Waals surface area contributed by atoms with Gasteiger partial charge in [0.2, 0.25) is 5.91 Å². The van der Waals surface area contributed by atoms with Crippen molar-refractivity contribution in [3.8, 4) is 6.07 Å². The molecule has 5 nitrogen and oxygen atoms in total. The number of rotatable bonds is 2. The summed E-state index contributed by atoms with van der Waals surface area (Å²) in [6, 6.07) is 17.5. The molecule has 1 aliphatic rings. The molecule has 0 atom stereocenters. The summed E-state index contributed by atoms with van der Waals surface area (Å²) in [5.41, 5.74) is 3.92. The Morgan fingerprint density at radius 2 is 2.00 bits per heavy atom. The molecule has 2 aromatic carbocycles. The molecule has 4 rings (SSSR count). The van der Waals surface area contributed by atoms with Gasteiger partial charge in [0.25, 0.3) is 0 Å². The predicted octanol–water partition coefficient (Wildman–Crippen LogP) is 3.84. The number of carbonyl (C=O) groups is 1. The lowest BCUT2D eigenvalue weighted by molar-refractivity contribution is -0.115. The van der Waals surface area contributed by atoms with Crippen molar-refractivity contribution in [2.45, 2.75) is 6.92 Å². The lowest BCUT2D eigenvalue weighted by atomic mass is 10.2. The molecule has 1 N–H and O–H groups in total. The van der Waals surface area contributed by atoms with Gasteiger partial charge in [0.05, 0.1) is 16.8 Å². The number of hydrogen-bond acceptors (Lipinski definition) is 4. The molecule has 0 radical (unpaired) electrons. The third-order valence-electron chi connectivity index (χ3n) is 4.03. The van der Waals surface area contributed by atoms with Crippen molar-refractivity contribution in [1.82, 2.24) is 9.97 Å². The predicted molar refractivity (Wildman–Crippen MR) is 99.7 cm³/mol. The topological polar surface area (TPSA) is 72.8 Å². The number of allylic oxidation sites excluding steroid dienone is 1. The molecule has 1 saturated heterocycles. The lowest BCUT2D eigenvalue weighted by Gasteiger charge is -2.18. The summed E-state index contributed by atoms with van der Waals surface area (Å²) >= 11 is 1.37. The molecule has 1 aliphatic heterocycles. The number of anilines is 1. The highest BCUT2D eigenvalue weighted by Gasteiger charge is 2.32. The van der Waals surface area contributed by atoms with E-state index in [-0.39, 0.29) is 5.91 Å². The van der Waals surface area contributed by atoms with Crippen LogP contribution >= 0.6 is 11.8 Å². The summed E-state index contributed by atoms with van der Waals surface area (Å²) < 4.78 is 0. The molecule has 1 aromatic heterocycles. The van der Waals surface area contributed by atoms with Gasteiger partial charge in [-0.15, -0.1) is 0 Å². The first-order valence-electron chi connectivity index (χ1n) is 7.79. The van der Waals surface area contributed by atoms with Crippen LogP contribution in [0.4, 0.5) is 5.69 Å². The van der Waals surface area contributed by atoms with Crippen LogP contribution in [0.25, 0.3) is 16.6 Å². The minimum Gasteiger partial charge on any atom is -0.337 e. The molecule has 0 bridgehead atoms. The van der Waals surface area contributed by atoms with E-state index in [4.69, 9.17) is 0 Å². The quantitative estimate of drug-likeness (QED) is 0.716. The number of hydrogen-bond donors (Lipinski definition) is 1. The number of H-pyrrole nitrogens is 1. The molecule has 2 heterocycles. The second-order valence-corrected chi connectivity index (χ2v) is 6.71. The van der Waals surface area contributed by atoms with E-state index in [1.165, 1.54) is 11.8 Å². The zero-order chi connectivity index (χ0) is 17.4. The number of aromatic nitrogens is 2. The van der Waals surface area contributed by atoms with Gasteiger partial charge >= 0.3 is 0 Å². The Balaban J connectivity index is 1.86. The molecule has 0 saturated carbocycles. The number of amides is 1. The highest BCUT2D eigenvalue weighted by molar-refractivity contribution is 8.04. The van der Waals surface area contributed by atoms with Gasteiger partial charge in [-0.1, -0.05) is 41.6 Å². The van der Waals surface area contributed by atoms with Gasteiger partial charge in [0.15, 0.2) is 5.82 Å². The largest absolute Gasteiger partial charge is 0.337 e. The van der Waals surface area contributed by atoms with Crippen LogP contribution in [0.15, 0.2) is 53.6 Å². The van der Waals surface area contributed by atoms with E-state index in [9.17, 15) is 10.1 Å². The number of benzene rings is 2. The zero-order valence-corrected chi connectivity index (χ0v) is 14.3. The van der Waals surface area contributed by atoms with Crippen LogP contribution in [-0.2, 0) is 4.79 Å². The van der Waals surface area contributed by atoms with Crippen LogP contribution in [0.2, 0.25) is 0 Å². The van der Waals surface area contributed by atoms with Crippen molar-refractivity contribution in [2.75, 3.05) is 10.7 Å². The Labute approximate surface area is 149 Å². The molecule has 25 heavy (non-hydrogen) atoms. The Morgan fingerprint density at radius 3 is 2.72 bits per heavy atom. The lowest BCUT2D eigenvalue weighted by Crippen LogP contribution is -2.24. The van der Waals surface area contributed by atoms with E-state index in [2.05, 4.69) is 16.0 Å². The van der Waals surface area contributed by atoms with Crippen molar-refractivity contribution in [1.29, 1.82) is 5.26 Å². The molecule has 6 heteroatoms. The van der Waals surface area contributed by atoms with Gasteiger partial charge < -0.3 is 4.98 Å². The van der Waals surface area contributed by atoms with Crippen molar-refractivity contribution >= 4 is 40.0 Å². The van der Waals surface area contributed by atoms with E-state index in [0.29, 0.717) is 22.2 Å². The smallest absolute Gasteiger partial charge is 0.242 e. The molecule has 1 amide bonds. The van der Waals surface area contributed by atoms with Crippen molar-refractivity contribution in [3.63, 3.8) is 0 Å². The number of nitriles is 1. The maximum atomic E-state index is 12.4. The average Bonchev–Trinajstić information content (AvgIpc) is 3.21. The molecule has 3 aromatic rings. The normalized spacial score (nSPS) is 16.3. The van der Waals surface area contributed by atoms with Crippen LogP contribution in [0, 0.1) is 18.3 Å². The Morgan fingerprint density at radius 1 is 1.24 bits per heavy atom. The van der Waals surface area contributed by atoms with Crippen LogP contribution in [-0.4, -0.2) is 21.6 Å². The summed E-state index contributed by atoms with van der Waals surface area (Å²) in [4.78, 5) is 21.7. The molecule has 0 spiro atoms. The van der Waals surface area contributed by atoms with Gasteiger partial charge in [-0.25, -0.2) is 4.98 Å². The second-order valence-electron chi connectivity index (χ2n) is 5.75. The molecule has 0 unspecified atom stereocenters. The van der Waals surface area contributed by atoms with Gasteiger partial charge in [-0.3, -0.25) is 9.69 Å². The number of imidazole rings is 1. The number of nitrogens with zero attached hydrogens (tertiary/aromatic N) is 3. The molecular weight excluding hydrogens is 332 g/mol. The third kappa shape index (κ3) is 2.69. The number of carbonyl (C=O) groups excluding carboxylic acids is 1.